The summed E-state index contributed by atoms with van der Waals surface area (Å²) in [6.45, 7) is 0. The van der Waals surface area contributed by atoms with Crippen LogP contribution in [0, 0.1) is 5.82 Å². The van der Waals surface area contributed by atoms with Gasteiger partial charge in [-0.1, -0.05) is 0 Å². The maximum atomic E-state index is 12.4. The maximum absolute atomic E-state index is 12.4. The van der Waals surface area contributed by atoms with E-state index in [0.29, 0.717) is 0 Å². The fourth-order valence-electron chi connectivity index (χ4n) is 0.682. The van der Waals surface area contributed by atoms with Gasteiger partial charge in [-0.05, 0) is 12.4 Å². The van der Waals surface area contributed by atoms with Crippen molar-refractivity contribution in [3.63, 3.8) is 0 Å². The molecular weight excluding hydrogens is 144 g/mol. The molecule has 0 spiro atoms. The summed E-state index contributed by atoms with van der Waals surface area (Å²) in [7, 11) is 5.05. The zero-order valence-electron chi connectivity index (χ0n) is 5.75. The van der Waals surface area contributed by atoms with Crippen LogP contribution >= 0.6 is 0 Å². The number of halogens is 1. The minimum absolute atomic E-state index is 0.120. The van der Waals surface area contributed by atoms with Crippen molar-refractivity contribution in [1.29, 1.82) is 0 Å². The first-order valence-electron chi connectivity index (χ1n) is 3.08. The summed E-state index contributed by atoms with van der Waals surface area (Å²) in [6, 6.07) is 1.11. The van der Waals surface area contributed by atoms with E-state index in [1.807, 2.05) is 0 Å². The number of carbonyl (C=O) groups excluding carboxylic acids is 1. The van der Waals surface area contributed by atoms with Crippen molar-refractivity contribution in [2.24, 2.45) is 0 Å². The minimum Gasteiger partial charge on any atom is -0.295 e. The molecule has 1 aromatic heterocycles. The first-order valence-corrected chi connectivity index (χ1v) is 3.08. The molecule has 0 N–H and O–H groups in total. The molecule has 0 fully saturated rings. The number of rotatable bonds is 2. The van der Waals surface area contributed by atoms with Crippen molar-refractivity contribution in [2.45, 2.75) is 6.32 Å². The van der Waals surface area contributed by atoms with Gasteiger partial charge >= 0.3 is 0 Å². The Bertz CT molecular complexity index is 277. The van der Waals surface area contributed by atoms with Crippen LogP contribution in [0.5, 0.6) is 0 Å². The summed E-state index contributed by atoms with van der Waals surface area (Å²) in [5.74, 6) is -0.832. The second-order valence-electron chi connectivity index (χ2n) is 2.02. The number of nitrogens with zero attached hydrogens (tertiary/aromatic N) is 1. The van der Waals surface area contributed by atoms with Crippen molar-refractivity contribution in [1.82, 2.24) is 4.98 Å². The molecule has 1 heterocycles. The highest BCUT2D eigenvalue weighted by atomic mass is 19.1. The number of hydrogen-bond acceptors (Lipinski definition) is 2. The van der Waals surface area contributed by atoms with Gasteiger partial charge < -0.3 is 0 Å². The highest BCUT2D eigenvalue weighted by Gasteiger charge is 2.02. The van der Waals surface area contributed by atoms with E-state index in [-0.39, 0.29) is 17.7 Å². The number of pyridine rings is 1. The molecule has 0 aliphatic rings. The van der Waals surface area contributed by atoms with E-state index in [1.165, 1.54) is 6.20 Å². The zero-order valence-corrected chi connectivity index (χ0v) is 5.75. The van der Waals surface area contributed by atoms with Crippen molar-refractivity contribution >= 4 is 13.6 Å². The van der Waals surface area contributed by atoms with Crippen molar-refractivity contribution < 1.29 is 9.18 Å². The average molecular weight is 149 g/mol. The molecule has 0 atom stereocenters. The van der Waals surface area contributed by atoms with E-state index >= 15 is 0 Å². The SMILES string of the molecule is [B]CC(=O)c1cncc(F)c1. The molecule has 1 aromatic rings. The first-order chi connectivity index (χ1) is 5.24. The highest BCUT2D eigenvalue weighted by Crippen LogP contribution is 2.02. The van der Waals surface area contributed by atoms with Crippen LogP contribution in [-0.4, -0.2) is 18.6 Å². The topological polar surface area (TPSA) is 30.0 Å². The lowest BCUT2D eigenvalue weighted by molar-refractivity contribution is 0.101. The Balaban J connectivity index is 2.96. The summed E-state index contributed by atoms with van der Waals surface area (Å²) in [4.78, 5) is 14.3. The molecule has 0 aliphatic heterocycles. The fraction of sp³-hybridized carbons (Fsp3) is 0.143. The molecule has 0 unspecified atom stereocenters. The Kier molecular flexibility index (Phi) is 2.36. The van der Waals surface area contributed by atoms with Gasteiger partial charge in [0.1, 0.15) is 5.82 Å². The number of carbonyl (C=O) groups is 1. The minimum atomic E-state index is -0.524. The van der Waals surface area contributed by atoms with Crippen LogP contribution in [0.1, 0.15) is 10.4 Å². The van der Waals surface area contributed by atoms with Gasteiger partial charge in [-0.2, -0.15) is 0 Å². The van der Waals surface area contributed by atoms with Gasteiger partial charge in [-0.3, -0.25) is 9.78 Å². The quantitative estimate of drug-likeness (QED) is 0.463. The van der Waals surface area contributed by atoms with Gasteiger partial charge in [0.05, 0.1) is 14.0 Å². The Labute approximate surface area is 64.9 Å². The standard InChI is InChI=1S/C7H5BFNO/c8-2-7(11)5-1-6(9)4-10-3-5/h1,3-4H,2H2. The molecule has 11 heavy (non-hydrogen) atoms. The largest absolute Gasteiger partial charge is 0.295 e. The Morgan fingerprint density at radius 1 is 1.64 bits per heavy atom. The van der Waals surface area contributed by atoms with Crippen LogP contribution < -0.4 is 0 Å². The van der Waals surface area contributed by atoms with Gasteiger partial charge in [0.2, 0.25) is 0 Å². The van der Waals surface area contributed by atoms with E-state index < -0.39 is 5.82 Å². The highest BCUT2D eigenvalue weighted by molar-refractivity contribution is 6.23. The van der Waals surface area contributed by atoms with Crippen LogP contribution in [0.25, 0.3) is 0 Å². The molecule has 2 nitrogen and oxygen atoms in total. The lowest BCUT2D eigenvalue weighted by Gasteiger charge is -1.95. The van der Waals surface area contributed by atoms with Crippen molar-refractivity contribution in [2.75, 3.05) is 0 Å². The summed E-state index contributed by atoms with van der Waals surface area (Å²) < 4.78 is 12.4. The second-order valence-corrected chi connectivity index (χ2v) is 2.02. The van der Waals surface area contributed by atoms with Crippen LogP contribution in [0.3, 0.4) is 0 Å². The summed E-state index contributed by atoms with van der Waals surface area (Å²) in [5.41, 5.74) is 0.215. The van der Waals surface area contributed by atoms with Gasteiger partial charge in [0, 0.05) is 11.8 Å². The number of ketones is 1. The van der Waals surface area contributed by atoms with Gasteiger partial charge in [0.15, 0.2) is 5.78 Å². The molecule has 54 valence electrons. The molecule has 0 saturated heterocycles. The third kappa shape index (κ3) is 1.87. The van der Waals surface area contributed by atoms with E-state index in [0.717, 1.165) is 12.3 Å². The fourth-order valence-corrected chi connectivity index (χ4v) is 0.682. The molecule has 0 saturated carbocycles. The number of aromatic nitrogens is 1. The van der Waals surface area contributed by atoms with Crippen LogP contribution in [-0.2, 0) is 0 Å². The molecule has 0 bridgehead atoms. The third-order valence-electron chi connectivity index (χ3n) is 1.21. The Hall–Kier alpha value is -1.19. The average Bonchev–Trinajstić information content (AvgIpc) is 2.03. The van der Waals surface area contributed by atoms with Crippen LogP contribution in [0.2, 0.25) is 6.32 Å². The lowest BCUT2D eigenvalue weighted by atomic mass is 9.97. The normalized spacial score (nSPS) is 9.55. The monoisotopic (exact) mass is 149 g/mol. The van der Waals surface area contributed by atoms with Crippen LogP contribution in [0.4, 0.5) is 4.39 Å². The third-order valence-corrected chi connectivity index (χ3v) is 1.21. The van der Waals surface area contributed by atoms with E-state index in [4.69, 9.17) is 7.85 Å². The van der Waals surface area contributed by atoms with E-state index in [9.17, 15) is 9.18 Å². The Morgan fingerprint density at radius 3 is 2.91 bits per heavy atom. The van der Waals surface area contributed by atoms with Crippen molar-refractivity contribution in [3.8, 4) is 0 Å². The van der Waals surface area contributed by atoms with Crippen LogP contribution in [0.15, 0.2) is 18.5 Å². The predicted molar refractivity (Wildman–Crippen MR) is 39.1 cm³/mol. The first kappa shape index (κ1) is 7.92. The van der Waals surface area contributed by atoms with Gasteiger partial charge in [-0.15, -0.1) is 0 Å². The smallest absolute Gasteiger partial charge is 0.156 e. The Morgan fingerprint density at radius 2 is 2.36 bits per heavy atom. The molecule has 2 radical (unpaired) electrons. The number of hydrogen-bond donors (Lipinski definition) is 0. The molecule has 0 aromatic carbocycles. The summed E-state index contributed by atoms with van der Waals surface area (Å²) in [6.07, 6.45) is 2.21. The molecule has 0 aliphatic carbocycles. The maximum Gasteiger partial charge on any atom is 0.156 e. The lowest BCUT2D eigenvalue weighted by Crippen LogP contribution is -1.98. The van der Waals surface area contributed by atoms with E-state index in [1.54, 1.807) is 0 Å². The molecular formula is C7H5BFNO. The molecule has 4 heteroatoms. The van der Waals surface area contributed by atoms with Crippen molar-refractivity contribution in [3.05, 3.63) is 29.8 Å². The zero-order chi connectivity index (χ0) is 8.27. The number of Topliss-reactive ketones (excluding diaryl/α,β-unsaturated/α-hetero) is 1. The molecule has 0 amide bonds. The second kappa shape index (κ2) is 3.28. The van der Waals surface area contributed by atoms with Gasteiger partial charge in [-0.25, -0.2) is 4.39 Å². The summed E-state index contributed by atoms with van der Waals surface area (Å²) in [5, 5.41) is 0. The van der Waals surface area contributed by atoms with Gasteiger partial charge in [0.25, 0.3) is 0 Å². The predicted octanol–water partition coefficient (Wildman–Crippen LogP) is 0.990. The summed E-state index contributed by atoms with van der Waals surface area (Å²) >= 11 is 0. The molecule has 1 rings (SSSR count). The van der Waals surface area contributed by atoms with E-state index in [2.05, 4.69) is 4.98 Å².